The Hall–Kier alpha value is -1.27. The highest BCUT2D eigenvalue weighted by Crippen LogP contribution is 2.23. The van der Waals surface area contributed by atoms with Crippen LogP contribution in [-0.4, -0.2) is 6.04 Å². The van der Waals surface area contributed by atoms with E-state index in [9.17, 15) is 0 Å². The van der Waals surface area contributed by atoms with Gasteiger partial charge in [-0.1, -0.05) is 19.8 Å². The number of nitriles is 1. The van der Waals surface area contributed by atoms with Gasteiger partial charge in [0.15, 0.2) is 0 Å². The largest absolute Gasteiger partial charge is 0.449 e. The summed E-state index contributed by atoms with van der Waals surface area (Å²) in [5.41, 5.74) is 0. The molecule has 16 heavy (non-hydrogen) atoms. The lowest BCUT2D eigenvalue weighted by molar-refractivity contribution is 0.293. The lowest BCUT2D eigenvalue weighted by Gasteiger charge is -2.27. The van der Waals surface area contributed by atoms with E-state index in [4.69, 9.17) is 9.68 Å². The third-order valence-corrected chi connectivity index (χ3v) is 3.27. The third kappa shape index (κ3) is 2.86. The van der Waals surface area contributed by atoms with E-state index >= 15 is 0 Å². The quantitative estimate of drug-likeness (QED) is 0.848. The lowest BCUT2D eigenvalue weighted by Crippen LogP contribution is -2.32. The van der Waals surface area contributed by atoms with Crippen LogP contribution in [0.15, 0.2) is 16.5 Å². The molecule has 0 aliphatic heterocycles. The Morgan fingerprint density at radius 3 is 3.06 bits per heavy atom. The second-order valence-corrected chi connectivity index (χ2v) is 4.73. The van der Waals surface area contributed by atoms with Gasteiger partial charge in [0, 0.05) is 6.04 Å². The number of nitrogens with zero attached hydrogens (tertiary/aromatic N) is 1. The van der Waals surface area contributed by atoms with E-state index in [1.807, 2.05) is 12.1 Å². The molecule has 0 radical (unpaired) electrons. The Kier molecular flexibility index (Phi) is 3.63. The van der Waals surface area contributed by atoms with Crippen LogP contribution in [0.25, 0.3) is 0 Å². The maximum Gasteiger partial charge on any atom is 0.203 e. The lowest BCUT2D eigenvalue weighted by atomic mass is 9.87. The maximum atomic E-state index is 8.64. The molecule has 1 aromatic rings. The molecule has 1 heterocycles. The normalized spacial score (nSPS) is 25.2. The molecule has 0 amide bonds. The SMILES string of the molecule is CC1CCCC(NCc2ccc(C#N)o2)C1. The van der Waals surface area contributed by atoms with Crippen LogP contribution >= 0.6 is 0 Å². The van der Waals surface area contributed by atoms with Crippen molar-refractivity contribution in [2.75, 3.05) is 0 Å². The van der Waals surface area contributed by atoms with Crippen LogP contribution in [0, 0.1) is 17.2 Å². The molecule has 0 saturated heterocycles. The molecule has 2 atom stereocenters. The average Bonchev–Trinajstić information content (AvgIpc) is 2.74. The highest BCUT2D eigenvalue weighted by atomic mass is 16.3. The van der Waals surface area contributed by atoms with Crippen molar-refractivity contribution in [1.82, 2.24) is 5.32 Å². The first-order valence-electron chi connectivity index (χ1n) is 6.00. The zero-order valence-electron chi connectivity index (χ0n) is 9.70. The molecule has 86 valence electrons. The number of rotatable bonds is 3. The minimum atomic E-state index is 0.397. The number of hydrogen-bond donors (Lipinski definition) is 1. The van der Waals surface area contributed by atoms with Crippen LogP contribution in [0.2, 0.25) is 0 Å². The van der Waals surface area contributed by atoms with Gasteiger partial charge in [0.25, 0.3) is 0 Å². The van der Waals surface area contributed by atoms with Gasteiger partial charge in [0.2, 0.25) is 5.76 Å². The van der Waals surface area contributed by atoms with Gasteiger partial charge in [-0.05, 0) is 30.9 Å². The number of nitrogens with one attached hydrogen (secondary N) is 1. The summed E-state index contributed by atoms with van der Waals surface area (Å²) in [4.78, 5) is 0. The number of hydrogen-bond acceptors (Lipinski definition) is 3. The predicted octanol–water partition coefficient (Wildman–Crippen LogP) is 2.82. The van der Waals surface area contributed by atoms with Gasteiger partial charge in [0.1, 0.15) is 11.8 Å². The Morgan fingerprint density at radius 1 is 1.50 bits per heavy atom. The van der Waals surface area contributed by atoms with Crippen LogP contribution in [-0.2, 0) is 6.54 Å². The maximum absolute atomic E-state index is 8.64. The van der Waals surface area contributed by atoms with Gasteiger partial charge < -0.3 is 9.73 Å². The molecular formula is C13H18N2O. The van der Waals surface area contributed by atoms with E-state index in [1.54, 1.807) is 6.07 Å². The molecule has 2 rings (SSSR count). The monoisotopic (exact) mass is 218 g/mol. The van der Waals surface area contributed by atoms with Crippen molar-refractivity contribution >= 4 is 0 Å². The summed E-state index contributed by atoms with van der Waals surface area (Å²) in [5.74, 6) is 2.08. The van der Waals surface area contributed by atoms with Crippen LogP contribution in [0.3, 0.4) is 0 Å². The first kappa shape index (κ1) is 11.2. The molecule has 1 aromatic heterocycles. The van der Waals surface area contributed by atoms with E-state index in [0.29, 0.717) is 11.8 Å². The highest BCUT2D eigenvalue weighted by Gasteiger charge is 2.18. The minimum absolute atomic E-state index is 0.397. The standard InChI is InChI=1S/C13H18N2O/c1-10-3-2-4-11(7-10)15-9-13-6-5-12(8-14)16-13/h5-6,10-11,15H,2-4,7,9H2,1H3. The topological polar surface area (TPSA) is 49.0 Å². The van der Waals surface area contributed by atoms with Crippen molar-refractivity contribution in [3.8, 4) is 6.07 Å². The molecule has 0 aromatic carbocycles. The molecule has 1 saturated carbocycles. The average molecular weight is 218 g/mol. The van der Waals surface area contributed by atoms with Crippen molar-refractivity contribution in [3.05, 3.63) is 23.7 Å². The second-order valence-electron chi connectivity index (χ2n) is 4.73. The molecule has 1 aliphatic carbocycles. The summed E-state index contributed by atoms with van der Waals surface area (Å²) < 4.78 is 5.33. The van der Waals surface area contributed by atoms with Crippen LogP contribution in [0.1, 0.15) is 44.1 Å². The number of furan rings is 1. The smallest absolute Gasteiger partial charge is 0.203 e. The van der Waals surface area contributed by atoms with Crippen LogP contribution in [0.4, 0.5) is 0 Å². The zero-order chi connectivity index (χ0) is 11.4. The predicted molar refractivity (Wildman–Crippen MR) is 61.7 cm³/mol. The molecule has 1 fully saturated rings. The van der Waals surface area contributed by atoms with E-state index < -0.39 is 0 Å². The van der Waals surface area contributed by atoms with E-state index in [0.717, 1.165) is 18.2 Å². The molecule has 0 bridgehead atoms. The summed E-state index contributed by atoms with van der Waals surface area (Å²) in [6.07, 6.45) is 5.19. The van der Waals surface area contributed by atoms with Crippen LogP contribution in [0.5, 0.6) is 0 Å². The van der Waals surface area contributed by atoms with Gasteiger partial charge in [0.05, 0.1) is 6.54 Å². The third-order valence-electron chi connectivity index (χ3n) is 3.27. The van der Waals surface area contributed by atoms with E-state index in [1.165, 1.54) is 25.7 Å². The summed E-state index contributed by atoms with van der Waals surface area (Å²) >= 11 is 0. The minimum Gasteiger partial charge on any atom is -0.449 e. The first-order valence-corrected chi connectivity index (χ1v) is 6.00. The van der Waals surface area contributed by atoms with Gasteiger partial charge in [-0.25, -0.2) is 0 Å². The summed E-state index contributed by atoms with van der Waals surface area (Å²) in [5, 5.41) is 12.1. The molecule has 3 heteroatoms. The van der Waals surface area contributed by atoms with Gasteiger partial charge in [-0.15, -0.1) is 0 Å². The van der Waals surface area contributed by atoms with E-state index in [-0.39, 0.29) is 0 Å². The van der Waals surface area contributed by atoms with Crippen LogP contribution < -0.4 is 5.32 Å². The fraction of sp³-hybridized carbons (Fsp3) is 0.615. The Morgan fingerprint density at radius 2 is 2.38 bits per heavy atom. The van der Waals surface area contributed by atoms with Gasteiger partial charge in [-0.2, -0.15) is 5.26 Å². The second kappa shape index (κ2) is 5.18. The van der Waals surface area contributed by atoms with Gasteiger partial charge >= 0.3 is 0 Å². The van der Waals surface area contributed by atoms with Gasteiger partial charge in [-0.3, -0.25) is 0 Å². The zero-order valence-corrected chi connectivity index (χ0v) is 9.70. The Bertz CT molecular complexity index is 378. The molecule has 1 N–H and O–H groups in total. The fourth-order valence-corrected chi connectivity index (χ4v) is 2.40. The Labute approximate surface area is 96.4 Å². The summed E-state index contributed by atoms with van der Waals surface area (Å²) in [7, 11) is 0. The summed E-state index contributed by atoms with van der Waals surface area (Å²) in [6.45, 7) is 3.05. The summed E-state index contributed by atoms with van der Waals surface area (Å²) in [6, 6.07) is 6.20. The van der Waals surface area contributed by atoms with E-state index in [2.05, 4.69) is 12.2 Å². The highest BCUT2D eigenvalue weighted by molar-refractivity contribution is 5.18. The molecule has 1 aliphatic rings. The van der Waals surface area contributed by atoms with Crippen molar-refractivity contribution < 1.29 is 4.42 Å². The molecular weight excluding hydrogens is 200 g/mol. The first-order chi connectivity index (χ1) is 7.78. The Balaban J connectivity index is 1.80. The fourth-order valence-electron chi connectivity index (χ4n) is 2.40. The van der Waals surface area contributed by atoms with Crippen molar-refractivity contribution in [1.29, 1.82) is 5.26 Å². The molecule has 0 spiro atoms. The molecule has 3 nitrogen and oxygen atoms in total. The molecule has 2 unspecified atom stereocenters. The van der Waals surface area contributed by atoms with Crippen molar-refractivity contribution in [3.63, 3.8) is 0 Å². The van der Waals surface area contributed by atoms with Crippen molar-refractivity contribution in [2.45, 2.75) is 45.2 Å². The van der Waals surface area contributed by atoms with Crippen molar-refractivity contribution in [2.24, 2.45) is 5.92 Å².